The Balaban J connectivity index is 0.00000144. The van der Waals surface area contributed by atoms with Crippen LogP contribution in [0.15, 0.2) is 18.2 Å². The van der Waals surface area contributed by atoms with E-state index in [1.165, 1.54) is 0 Å². The van der Waals surface area contributed by atoms with E-state index in [-0.39, 0.29) is 12.4 Å². The van der Waals surface area contributed by atoms with E-state index in [2.05, 4.69) is 0 Å². The third kappa shape index (κ3) is 2.68. The van der Waals surface area contributed by atoms with Crippen LogP contribution in [-0.4, -0.2) is 6.67 Å². The molecule has 0 saturated carbocycles. The molecule has 0 fully saturated rings. The normalized spacial score (nSPS) is 12.0. The molecular weight excluding hydrogens is 189 g/mol. The molecule has 0 aliphatic rings. The molecule has 1 rings (SSSR count). The second kappa shape index (κ2) is 5.20. The Hall–Kier alpha value is -0.600. The number of hydrogen-bond donors (Lipinski definition) is 1. The third-order valence-corrected chi connectivity index (χ3v) is 2.08. The third-order valence-electron chi connectivity index (χ3n) is 2.08. The number of nitrogens with two attached hydrogens (primary N) is 1. The first-order chi connectivity index (χ1) is 5.66. The summed E-state index contributed by atoms with van der Waals surface area (Å²) in [5, 5.41) is 0. The zero-order chi connectivity index (χ0) is 9.14. The summed E-state index contributed by atoms with van der Waals surface area (Å²) in [4.78, 5) is 0. The Bertz CT molecular complexity index is 255. The number of benzene rings is 1. The van der Waals surface area contributed by atoms with E-state index in [4.69, 9.17) is 5.73 Å². The van der Waals surface area contributed by atoms with Crippen LogP contribution >= 0.6 is 12.4 Å². The molecule has 74 valence electrons. The van der Waals surface area contributed by atoms with Crippen molar-refractivity contribution in [3.63, 3.8) is 0 Å². The highest BCUT2D eigenvalue weighted by Gasteiger charge is 2.10. The zero-order valence-corrected chi connectivity index (χ0v) is 8.70. The zero-order valence-electron chi connectivity index (χ0n) is 7.88. The molecule has 0 aliphatic carbocycles. The summed E-state index contributed by atoms with van der Waals surface area (Å²) >= 11 is 0. The van der Waals surface area contributed by atoms with Crippen molar-refractivity contribution in [2.24, 2.45) is 5.73 Å². The van der Waals surface area contributed by atoms with E-state index < -0.39 is 12.7 Å². The van der Waals surface area contributed by atoms with Crippen LogP contribution in [-0.2, 0) is 0 Å². The Morgan fingerprint density at radius 3 is 2.15 bits per heavy atom. The molecule has 1 aromatic carbocycles. The van der Waals surface area contributed by atoms with Gasteiger partial charge >= 0.3 is 0 Å². The Morgan fingerprint density at radius 2 is 1.77 bits per heavy atom. The van der Waals surface area contributed by atoms with Crippen LogP contribution in [0.25, 0.3) is 0 Å². The molecule has 0 saturated heterocycles. The van der Waals surface area contributed by atoms with Crippen LogP contribution in [0.3, 0.4) is 0 Å². The monoisotopic (exact) mass is 203 g/mol. The lowest BCUT2D eigenvalue weighted by atomic mass is 9.97. The van der Waals surface area contributed by atoms with Crippen molar-refractivity contribution in [3.05, 3.63) is 34.9 Å². The van der Waals surface area contributed by atoms with E-state index in [9.17, 15) is 4.39 Å². The molecule has 0 radical (unpaired) electrons. The van der Waals surface area contributed by atoms with Crippen molar-refractivity contribution in [3.8, 4) is 0 Å². The summed E-state index contributed by atoms with van der Waals surface area (Å²) in [6, 6.07) is 5.40. The maximum Gasteiger partial charge on any atom is 0.109 e. The Kier molecular flexibility index (Phi) is 4.96. The highest BCUT2D eigenvalue weighted by Crippen LogP contribution is 2.19. The van der Waals surface area contributed by atoms with Crippen LogP contribution in [0.5, 0.6) is 0 Å². The molecule has 0 amide bonds. The molecule has 2 N–H and O–H groups in total. The summed E-state index contributed by atoms with van der Waals surface area (Å²) in [6.45, 7) is 3.42. The second-order valence-electron chi connectivity index (χ2n) is 3.07. The molecule has 0 spiro atoms. The maximum absolute atomic E-state index is 12.3. The number of alkyl halides is 1. The van der Waals surface area contributed by atoms with E-state index >= 15 is 0 Å². The Morgan fingerprint density at radius 1 is 1.31 bits per heavy atom. The molecule has 1 atom stereocenters. The van der Waals surface area contributed by atoms with Gasteiger partial charge in [0.25, 0.3) is 0 Å². The molecule has 1 aromatic rings. The van der Waals surface area contributed by atoms with E-state index in [0.29, 0.717) is 0 Å². The molecule has 0 aromatic heterocycles. The lowest BCUT2D eigenvalue weighted by Crippen LogP contribution is -2.15. The van der Waals surface area contributed by atoms with Gasteiger partial charge in [0.2, 0.25) is 0 Å². The fourth-order valence-electron chi connectivity index (χ4n) is 1.49. The fraction of sp³-hybridized carbons (Fsp3) is 0.400. The first-order valence-corrected chi connectivity index (χ1v) is 4.04. The first-order valence-electron chi connectivity index (χ1n) is 4.04. The van der Waals surface area contributed by atoms with E-state index in [0.717, 1.165) is 16.7 Å². The average molecular weight is 204 g/mol. The van der Waals surface area contributed by atoms with Gasteiger partial charge in [-0.3, -0.25) is 0 Å². The summed E-state index contributed by atoms with van der Waals surface area (Å²) < 4.78 is 12.3. The topological polar surface area (TPSA) is 26.0 Å². The number of aryl methyl sites for hydroxylation is 2. The van der Waals surface area contributed by atoms with Crippen molar-refractivity contribution in [2.75, 3.05) is 6.67 Å². The van der Waals surface area contributed by atoms with Gasteiger partial charge in [-0.1, -0.05) is 18.2 Å². The standard InChI is InChI=1S/C10H14FN.ClH/c1-7-4-3-5-8(2)10(7)9(12)6-11;/h3-5,9H,6,12H2,1-2H3;1H/t9-;/m1./s1. The highest BCUT2D eigenvalue weighted by molar-refractivity contribution is 5.85. The molecular formula is C10H15ClFN. The minimum atomic E-state index is -0.494. The van der Waals surface area contributed by atoms with Crippen molar-refractivity contribution in [2.45, 2.75) is 19.9 Å². The molecule has 3 heteroatoms. The fourth-order valence-corrected chi connectivity index (χ4v) is 1.49. The smallest absolute Gasteiger partial charge is 0.109 e. The first kappa shape index (κ1) is 12.4. The summed E-state index contributed by atoms with van der Waals surface area (Å²) in [7, 11) is 0. The van der Waals surface area contributed by atoms with Crippen molar-refractivity contribution < 1.29 is 4.39 Å². The maximum atomic E-state index is 12.3. The van der Waals surface area contributed by atoms with E-state index in [1.54, 1.807) is 0 Å². The largest absolute Gasteiger partial charge is 0.322 e. The van der Waals surface area contributed by atoms with Gasteiger partial charge in [-0.2, -0.15) is 0 Å². The van der Waals surface area contributed by atoms with Gasteiger partial charge in [-0.05, 0) is 30.5 Å². The van der Waals surface area contributed by atoms with Crippen molar-refractivity contribution in [1.29, 1.82) is 0 Å². The van der Waals surface area contributed by atoms with Gasteiger partial charge in [0.1, 0.15) is 6.67 Å². The molecule has 0 bridgehead atoms. The summed E-state index contributed by atoms with van der Waals surface area (Å²) in [6.07, 6.45) is 0. The van der Waals surface area contributed by atoms with Gasteiger partial charge in [0.05, 0.1) is 6.04 Å². The van der Waals surface area contributed by atoms with Crippen LogP contribution in [0.1, 0.15) is 22.7 Å². The lowest BCUT2D eigenvalue weighted by molar-refractivity contribution is 0.435. The van der Waals surface area contributed by atoms with Crippen LogP contribution < -0.4 is 5.73 Å². The molecule has 0 heterocycles. The molecule has 13 heavy (non-hydrogen) atoms. The SMILES string of the molecule is Cc1cccc(C)c1[C@H](N)CF.Cl. The predicted octanol–water partition coefficient (Wildman–Crippen LogP) is 2.69. The Labute approximate surface area is 84.5 Å². The van der Waals surface area contributed by atoms with Gasteiger partial charge in [-0.25, -0.2) is 4.39 Å². The highest BCUT2D eigenvalue weighted by atomic mass is 35.5. The van der Waals surface area contributed by atoms with Crippen molar-refractivity contribution >= 4 is 12.4 Å². The van der Waals surface area contributed by atoms with E-state index in [1.807, 2.05) is 32.0 Å². The van der Waals surface area contributed by atoms with Gasteiger partial charge in [0, 0.05) is 0 Å². The minimum Gasteiger partial charge on any atom is -0.322 e. The van der Waals surface area contributed by atoms with Gasteiger partial charge in [-0.15, -0.1) is 12.4 Å². The van der Waals surface area contributed by atoms with Crippen LogP contribution in [0.2, 0.25) is 0 Å². The summed E-state index contributed by atoms with van der Waals surface area (Å²) in [5.41, 5.74) is 8.70. The minimum absolute atomic E-state index is 0. The molecule has 0 aliphatic heterocycles. The van der Waals surface area contributed by atoms with Crippen LogP contribution in [0, 0.1) is 13.8 Å². The number of halogens is 2. The predicted molar refractivity (Wildman–Crippen MR) is 56.1 cm³/mol. The second-order valence-corrected chi connectivity index (χ2v) is 3.07. The lowest BCUT2D eigenvalue weighted by Gasteiger charge is -2.13. The molecule has 0 unspecified atom stereocenters. The van der Waals surface area contributed by atoms with Crippen molar-refractivity contribution in [1.82, 2.24) is 0 Å². The summed E-state index contributed by atoms with van der Waals surface area (Å²) in [5.74, 6) is 0. The van der Waals surface area contributed by atoms with Crippen LogP contribution in [0.4, 0.5) is 4.39 Å². The molecule has 1 nitrogen and oxygen atoms in total. The van der Waals surface area contributed by atoms with Gasteiger partial charge < -0.3 is 5.73 Å². The number of rotatable bonds is 2. The van der Waals surface area contributed by atoms with Gasteiger partial charge in [0.15, 0.2) is 0 Å². The average Bonchev–Trinajstić information content (AvgIpc) is 2.03. The quantitative estimate of drug-likeness (QED) is 0.786. The number of hydrogen-bond acceptors (Lipinski definition) is 1.